The summed E-state index contributed by atoms with van der Waals surface area (Å²) in [4.78, 5) is 5.02. The van der Waals surface area contributed by atoms with Gasteiger partial charge in [0.2, 0.25) is 0 Å². The summed E-state index contributed by atoms with van der Waals surface area (Å²) in [5.41, 5.74) is 3.78. The molecule has 0 spiro atoms. The summed E-state index contributed by atoms with van der Waals surface area (Å²) in [6, 6.07) is 21.2. The highest BCUT2D eigenvalue weighted by Crippen LogP contribution is 2.49. The van der Waals surface area contributed by atoms with Crippen LogP contribution in [0.25, 0.3) is 0 Å². The van der Waals surface area contributed by atoms with Gasteiger partial charge >= 0.3 is 0 Å². The normalized spacial score (nSPS) is 25.5. The van der Waals surface area contributed by atoms with Crippen molar-refractivity contribution in [1.82, 2.24) is 0 Å². The molecule has 0 fully saturated rings. The Balaban J connectivity index is 2.06. The van der Waals surface area contributed by atoms with E-state index in [1.807, 2.05) is 11.8 Å². The number of nitrogens with zero attached hydrogens (tertiary/aromatic N) is 1. The Kier molecular flexibility index (Phi) is 3.66. The van der Waals surface area contributed by atoms with Gasteiger partial charge < -0.3 is 0 Å². The van der Waals surface area contributed by atoms with E-state index in [-0.39, 0.29) is 4.87 Å². The molecule has 2 aromatic rings. The molecule has 0 unspecified atom stereocenters. The average Bonchev–Trinajstić information content (AvgIpc) is 2.87. The van der Waals surface area contributed by atoms with Crippen LogP contribution in [0.3, 0.4) is 0 Å². The van der Waals surface area contributed by atoms with Gasteiger partial charge in [-0.05, 0) is 24.5 Å². The summed E-state index contributed by atoms with van der Waals surface area (Å²) in [6.45, 7) is 4.49. The van der Waals surface area contributed by atoms with Crippen molar-refractivity contribution in [1.29, 1.82) is 0 Å². The fourth-order valence-electron chi connectivity index (χ4n) is 2.77. The van der Waals surface area contributed by atoms with Crippen LogP contribution in [0.5, 0.6) is 0 Å². The van der Waals surface area contributed by atoms with Crippen LogP contribution in [0.4, 0.5) is 0 Å². The third-order valence-electron chi connectivity index (χ3n) is 3.83. The Hall–Kier alpha value is -1.54. The number of rotatable bonds is 3. The van der Waals surface area contributed by atoms with Gasteiger partial charge in [-0.1, -0.05) is 67.6 Å². The third kappa shape index (κ3) is 2.29. The quantitative estimate of drug-likeness (QED) is 0.781. The average molecular weight is 281 g/mol. The number of hydrogen-bond donors (Lipinski definition) is 0. The van der Waals surface area contributed by atoms with Crippen molar-refractivity contribution in [3.05, 3.63) is 71.8 Å². The molecule has 3 rings (SSSR count). The lowest BCUT2D eigenvalue weighted by Crippen LogP contribution is -2.15. The summed E-state index contributed by atoms with van der Waals surface area (Å²) >= 11 is 1.97. The van der Waals surface area contributed by atoms with Gasteiger partial charge in [0.05, 0.1) is 5.71 Å². The van der Waals surface area contributed by atoms with E-state index in [4.69, 9.17) is 4.99 Å². The van der Waals surface area contributed by atoms with Crippen molar-refractivity contribution in [2.24, 2.45) is 4.99 Å². The van der Waals surface area contributed by atoms with Crippen molar-refractivity contribution in [2.75, 3.05) is 0 Å². The number of hydrogen-bond acceptors (Lipinski definition) is 2. The van der Waals surface area contributed by atoms with Crippen LogP contribution >= 0.6 is 11.8 Å². The molecule has 0 N–H and O–H groups in total. The van der Waals surface area contributed by atoms with Crippen molar-refractivity contribution in [3.63, 3.8) is 0 Å². The highest BCUT2D eigenvalue weighted by atomic mass is 32.2. The molecule has 0 bridgehead atoms. The fraction of sp³-hybridized carbons (Fsp3) is 0.278. The van der Waals surface area contributed by atoms with Crippen molar-refractivity contribution in [3.8, 4) is 0 Å². The minimum absolute atomic E-state index is 0.119. The zero-order chi connectivity index (χ0) is 14.0. The maximum atomic E-state index is 5.14. The molecule has 1 aliphatic heterocycles. The van der Waals surface area contributed by atoms with Crippen LogP contribution < -0.4 is 0 Å². The highest BCUT2D eigenvalue weighted by molar-refractivity contribution is 8.01. The fourth-order valence-corrected chi connectivity index (χ4v) is 4.24. The molecule has 2 heteroatoms. The highest BCUT2D eigenvalue weighted by Gasteiger charge is 2.39. The molecule has 0 saturated carbocycles. The SMILES string of the molecule is CC[C@@]1(c2ccccc2)N=C(c2ccccc2)[C@H](C)S1. The molecular weight excluding hydrogens is 262 g/mol. The van der Waals surface area contributed by atoms with Crippen LogP contribution in [-0.2, 0) is 4.87 Å². The van der Waals surface area contributed by atoms with Gasteiger partial charge in [-0.25, -0.2) is 0 Å². The van der Waals surface area contributed by atoms with Gasteiger partial charge in [-0.2, -0.15) is 0 Å². The van der Waals surface area contributed by atoms with Crippen LogP contribution in [0.15, 0.2) is 65.7 Å². The van der Waals surface area contributed by atoms with Gasteiger partial charge in [0.15, 0.2) is 0 Å². The zero-order valence-corrected chi connectivity index (χ0v) is 12.7. The van der Waals surface area contributed by atoms with E-state index in [1.165, 1.54) is 16.8 Å². The largest absolute Gasteiger partial charge is 0.266 e. The second-order valence-electron chi connectivity index (χ2n) is 5.13. The smallest absolute Gasteiger partial charge is 0.132 e. The Morgan fingerprint density at radius 3 is 2.20 bits per heavy atom. The molecule has 0 saturated heterocycles. The molecule has 102 valence electrons. The Labute approximate surface area is 125 Å². The molecule has 0 radical (unpaired) electrons. The van der Waals surface area contributed by atoms with E-state index in [0.717, 1.165) is 6.42 Å². The first kappa shape index (κ1) is 13.4. The van der Waals surface area contributed by atoms with E-state index in [0.29, 0.717) is 5.25 Å². The number of thioether (sulfide) groups is 1. The summed E-state index contributed by atoms with van der Waals surface area (Å²) in [5.74, 6) is 0. The first-order chi connectivity index (χ1) is 9.75. The Morgan fingerprint density at radius 1 is 1.00 bits per heavy atom. The van der Waals surface area contributed by atoms with Gasteiger partial charge in [0.1, 0.15) is 4.87 Å². The lowest BCUT2D eigenvalue weighted by atomic mass is 10.0. The van der Waals surface area contributed by atoms with E-state index in [2.05, 4.69) is 74.5 Å². The number of benzene rings is 2. The maximum Gasteiger partial charge on any atom is 0.132 e. The molecule has 0 aliphatic carbocycles. The van der Waals surface area contributed by atoms with Crippen molar-refractivity contribution >= 4 is 17.5 Å². The second-order valence-corrected chi connectivity index (χ2v) is 6.75. The Morgan fingerprint density at radius 2 is 1.60 bits per heavy atom. The minimum Gasteiger partial charge on any atom is -0.266 e. The lowest BCUT2D eigenvalue weighted by Gasteiger charge is -2.24. The predicted octanol–water partition coefficient (Wildman–Crippen LogP) is 4.87. The molecule has 20 heavy (non-hydrogen) atoms. The van der Waals surface area contributed by atoms with Gasteiger partial charge in [-0.15, -0.1) is 11.8 Å². The Bertz CT molecular complexity index is 606. The van der Waals surface area contributed by atoms with E-state index in [9.17, 15) is 0 Å². The number of aliphatic imine (C=N–C) groups is 1. The van der Waals surface area contributed by atoms with E-state index < -0.39 is 0 Å². The zero-order valence-electron chi connectivity index (χ0n) is 11.9. The van der Waals surface area contributed by atoms with Gasteiger partial charge in [0.25, 0.3) is 0 Å². The third-order valence-corrected chi connectivity index (χ3v) is 5.41. The van der Waals surface area contributed by atoms with E-state index >= 15 is 0 Å². The molecule has 2 atom stereocenters. The first-order valence-corrected chi connectivity index (χ1v) is 8.01. The summed E-state index contributed by atoms with van der Waals surface area (Å²) in [6.07, 6.45) is 1.02. The van der Waals surface area contributed by atoms with Crippen LogP contribution in [0.2, 0.25) is 0 Å². The summed E-state index contributed by atoms with van der Waals surface area (Å²) in [7, 11) is 0. The predicted molar refractivity (Wildman–Crippen MR) is 88.4 cm³/mol. The molecule has 1 nitrogen and oxygen atoms in total. The monoisotopic (exact) mass is 281 g/mol. The molecule has 0 aromatic heterocycles. The van der Waals surface area contributed by atoms with Gasteiger partial charge in [0, 0.05) is 5.25 Å². The van der Waals surface area contributed by atoms with Crippen LogP contribution in [0.1, 0.15) is 31.4 Å². The molecule has 0 amide bonds. The topological polar surface area (TPSA) is 12.4 Å². The first-order valence-electron chi connectivity index (χ1n) is 7.14. The summed E-state index contributed by atoms with van der Waals surface area (Å²) < 4.78 is 0. The molecule has 1 heterocycles. The molecular formula is C18H19NS. The van der Waals surface area contributed by atoms with Crippen molar-refractivity contribution < 1.29 is 0 Å². The van der Waals surface area contributed by atoms with Crippen molar-refractivity contribution in [2.45, 2.75) is 30.4 Å². The van der Waals surface area contributed by atoms with Crippen LogP contribution in [-0.4, -0.2) is 11.0 Å². The summed E-state index contributed by atoms with van der Waals surface area (Å²) in [5, 5.41) is 0.428. The van der Waals surface area contributed by atoms with E-state index in [1.54, 1.807) is 0 Å². The minimum atomic E-state index is -0.119. The maximum absolute atomic E-state index is 5.14. The van der Waals surface area contributed by atoms with Gasteiger partial charge in [-0.3, -0.25) is 4.99 Å². The lowest BCUT2D eigenvalue weighted by molar-refractivity contribution is 0.642. The second kappa shape index (κ2) is 5.45. The standard InChI is InChI=1S/C18H19NS/c1-3-18(16-12-8-5-9-13-16)19-17(14(2)20-18)15-10-6-4-7-11-15/h4-14H,3H2,1-2H3/t14-,18+/m0/s1. The van der Waals surface area contributed by atoms with Crippen LogP contribution in [0, 0.1) is 0 Å². The molecule has 2 aromatic carbocycles. The molecule has 1 aliphatic rings.